The van der Waals surface area contributed by atoms with Gasteiger partial charge in [-0.15, -0.1) is 4.91 Å². The minimum Gasteiger partial charge on any atom is -0.331 e. The molecular weight excluding hydrogens is 286 g/mol. The standard InChI is InChI=1S/C19H42N3O/c1-5-6-7-8-9-10-11-14-17-21(20-23)18-15-12-13-16-19-22(2,3)4/h5-19H2,1-4H3/q+1. The molecule has 0 radical (unpaired) electrons. The molecule has 0 aromatic heterocycles. The SMILES string of the molecule is CCCCCCCCCCN(CCCCCC[N+](C)(C)C)N=O. The fourth-order valence-corrected chi connectivity index (χ4v) is 2.86. The number of rotatable bonds is 17. The molecule has 0 aromatic rings. The summed E-state index contributed by atoms with van der Waals surface area (Å²) in [6.45, 7) is 5.17. The second-order valence-electron chi connectivity index (χ2n) is 7.94. The van der Waals surface area contributed by atoms with Crippen LogP contribution in [-0.4, -0.2) is 50.3 Å². The van der Waals surface area contributed by atoms with Crippen molar-refractivity contribution in [2.75, 3.05) is 40.8 Å². The van der Waals surface area contributed by atoms with Crippen molar-refractivity contribution in [3.05, 3.63) is 4.91 Å². The molecule has 0 rings (SSSR count). The summed E-state index contributed by atoms with van der Waals surface area (Å²) < 4.78 is 1.04. The molecule has 0 aliphatic heterocycles. The van der Waals surface area contributed by atoms with E-state index in [1.165, 1.54) is 70.8 Å². The number of nitrogens with zero attached hydrogens (tertiary/aromatic N) is 3. The highest BCUT2D eigenvalue weighted by Crippen LogP contribution is 2.10. The zero-order chi connectivity index (χ0) is 17.4. The molecule has 0 amide bonds. The fraction of sp³-hybridized carbons (Fsp3) is 1.00. The third-order valence-electron chi connectivity index (χ3n) is 4.38. The zero-order valence-corrected chi connectivity index (χ0v) is 16.4. The van der Waals surface area contributed by atoms with Gasteiger partial charge in [-0.2, -0.15) is 0 Å². The van der Waals surface area contributed by atoms with Crippen LogP contribution in [0.5, 0.6) is 0 Å². The summed E-state index contributed by atoms with van der Waals surface area (Å²) in [6.07, 6.45) is 15.3. The monoisotopic (exact) mass is 328 g/mol. The molecule has 0 fully saturated rings. The van der Waals surface area contributed by atoms with Gasteiger partial charge in [-0.3, -0.25) is 5.01 Å². The normalized spacial score (nSPS) is 11.7. The van der Waals surface area contributed by atoms with Crippen molar-refractivity contribution in [1.82, 2.24) is 5.01 Å². The molecule has 23 heavy (non-hydrogen) atoms. The summed E-state index contributed by atoms with van der Waals surface area (Å²) in [5.74, 6) is 0. The van der Waals surface area contributed by atoms with Gasteiger partial charge < -0.3 is 4.48 Å². The van der Waals surface area contributed by atoms with E-state index in [1.54, 1.807) is 5.01 Å². The molecule has 0 spiro atoms. The number of unbranched alkanes of at least 4 members (excludes halogenated alkanes) is 10. The Hall–Kier alpha value is -0.640. The highest BCUT2D eigenvalue weighted by Gasteiger charge is 2.06. The van der Waals surface area contributed by atoms with Crippen LogP contribution in [0.4, 0.5) is 0 Å². The first-order valence-electron chi connectivity index (χ1n) is 9.88. The highest BCUT2D eigenvalue weighted by atomic mass is 16.3. The number of hydrogen-bond donors (Lipinski definition) is 0. The van der Waals surface area contributed by atoms with Gasteiger partial charge >= 0.3 is 0 Å². The topological polar surface area (TPSA) is 32.7 Å². The molecule has 0 unspecified atom stereocenters. The van der Waals surface area contributed by atoms with Crippen molar-refractivity contribution < 1.29 is 4.48 Å². The molecule has 0 N–H and O–H groups in total. The Morgan fingerprint density at radius 3 is 1.57 bits per heavy atom. The van der Waals surface area contributed by atoms with E-state index in [2.05, 4.69) is 33.4 Å². The van der Waals surface area contributed by atoms with Gasteiger partial charge in [0.05, 0.1) is 33.0 Å². The quantitative estimate of drug-likeness (QED) is 0.155. The summed E-state index contributed by atoms with van der Waals surface area (Å²) in [6, 6.07) is 0. The third-order valence-corrected chi connectivity index (χ3v) is 4.38. The summed E-state index contributed by atoms with van der Waals surface area (Å²) in [4.78, 5) is 10.9. The van der Waals surface area contributed by atoms with E-state index in [0.29, 0.717) is 0 Å². The van der Waals surface area contributed by atoms with Crippen molar-refractivity contribution in [3.8, 4) is 0 Å². The van der Waals surface area contributed by atoms with E-state index >= 15 is 0 Å². The molecular formula is C19H42N3O+. The molecule has 138 valence electrons. The van der Waals surface area contributed by atoms with Crippen LogP contribution in [0.2, 0.25) is 0 Å². The summed E-state index contributed by atoms with van der Waals surface area (Å²) in [7, 11) is 6.71. The van der Waals surface area contributed by atoms with Crippen LogP contribution in [0.3, 0.4) is 0 Å². The molecule has 0 bridgehead atoms. The summed E-state index contributed by atoms with van der Waals surface area (Å²) in [5, 5.41) is 4.92. The minimum atomic E-state index is 0.838. The molecule has 0 aromatic carbocycles. The number of hydrogen-bond acceptors (Lipinski definition) is 2. The third kappa shape index (κ3) is 17.5. The maximum Gasteiger partial charge on any atom is 0.0780 e. The zero-order valence-electron chi connectivity index (χ0n) is 16.4. The van der Waals surface area contributed by atoms with Crippen LogP contribution < -0.4 is 0 Å². The van der Waals surface area contributed by atoms with Crippen molar-refractivity contribution in [2.45, 2.75) is 84.0 Å². The molecule has 0 aliphatic carbocycles. The van der Waals surface area contributed by atoms with Gasteiger partial charge in [-0.25, -0.2) is 0 Å². The van der Waals surface area contributed by atoms with Gasteiger partial charge in [-0.1, -0.05) is 58.3 Å². The number of nitroso groups, excluding NO2 is 1. The van der Waals surface area contributed by atoms with Crippen LogP contribution in [0.25, 0.3) is 0 Å². The van der Waals surface area contributed by atoms with Crippen LogP contribution in [0, 0.1) is 4.91 Å². The Labute approximate surface area is 145 Å². The van der Waals surface area contributed by atoms with Gasteiger partial charge in [-0.05, 0) is 25.7 Å². The first-order valence-corrected chi connectivity index (χ1v) is 9.88. The van der Waals surface area contributed by atoms with Crippen molar-refractivity contribution in [3.63, 3.8) is 0 Å². The van der Waals surface area contributed by atoms with E-state index < -0.39 is 0 Å². The molecule has 0 heterocycles. The first kappa shape index (κ1) is 22.4. The van der Waals surface area contributed by atoms with Gasteiger partial charge in [0.15, 0.2) is 0 Å². The predicted octanol–water partition coefficient (Wildman–Crippen LogP) is 5.38. The number of quaternary nitrogens is 1. The smallest absolute Gasteiger partial charge is 0.0780 e. The summed E-state index contributed by atoms with van der Waals surface area (Å²) >= 11 is 0. The van der Waals surface area contributed by atoms with Gasteiger partial charge in [0.25, 0.3) is 0 Å². The minimum absolute atomic E-state index is 0.838. The molecule has 4 nitrogen and oxygen atoms in total. The average molecular weight is 329 g/mol. The lowest BCUT2D eigenvalue weighted by atomic mass is 10.1. The van der Waals surface area contributed by atoms with Crippen LogP contribution >= 0.6 is 0 Å². The lowest BCUT2D eigenvalue weighted by molar-refractivity contribution is -0.870. The molecule has 4 heteroatoms. The Morgan fingerprint density at radius 1 is 0.696 bits per heavy atom. The molecule has 0 saturated carbocycles. The van der Waals surface area contributed by atoms with Gasteiger partial charge in [0.2, 0.25) is 0 Å². The Kier molecular flexibility index (Phi) is 14.5. The fourth-order valence-electron chi connectivity index (χ4n) is 2.86. The Morgan fingerprint density at radius 2 is 1.13 bits per heavy atom. The van der Waals surface area contributed by atoms with E-state index in [-0.39, 0.29) is 0 Å². The van der Waals surface area contributed by atoms with Crippen molar-refractivity contribution in [2.24, 2.45) is 5.29 Å². The average Bonchev–Trinajstić information content (AvgIpc) is 2.50. The Bertz CT molecular complexity index is 264. The van der Waals surface area contributed by atoms with E-state index in [4.69, 9.17) is 0 Å². The second kappa shape index (κ2) is 14.9. The van der Waals surface area contributed by atoms with E-state index in [1.807, 2.05) is 0 Å². The van der Waals surface area contributed by atoms with Crippen molar-refractivity contribution >= 4 is 0 Å². The van der Waals surface area contributed by atoms with Gasteiger partial charge in [0, 0.05) is 13.1 Å². The molecule has 0 atom stereocenters. The Balaban J connectivity index is 3.40. The molecule has 0 saturated heterocycles. The lowest BCUT2D eigenvalue weighted by Crippen LogP contribution is -2.35. The maximum absolute atomic E-state index is 10.9. The van der Waals surface area contributed by atoms with Gasteiger partial charge in [0.1, 0.15) is 0 Å². The largest absolute Gasteiger partial charge is 0.331 e. The van der Waals surface area contributed by atoms with E-state index in [0.717, 1.165) is 30.4 Å². The first-order chi connectivity index (χ1) is 11.0. The predicted molar refractivity (Wildman–Crippen MR) is 101 cm³/mol. The van der Waals surface area contributed by atoms with Crippen LogP contribution in [0.15, 0.2) is 5.29 Å². The lowest BCUT2D eigenvalue weighted by Gasteiger charge is -2.23. The molecule has 0 aliphatic rings. The summed E-state index contributed by atoms with van der Waals surface area (Å²) in [5.41, 5.74) is 0. The van der Waals surface area contributed by atoms with Crippen LogP contribution in [-0.2, 0) is 0 Å². The van der Waals surface area contributed by atoms with Crippen LogP contribution in [0.1, 0.15) is 84.0 Å². The second-order valence-corrected chi connectivity index (χ2v) is 7.94. The maximum atomic E-state index is 10.9. The highest BCUT2D eigenvalue weighted by molar-refractivity contribution is 4.55. The van der Waals surface area contributed by atoms with E-state index in [9.17, 15) is 4.91 Å². The van der Waals surface area contributed by atoms with Crippen molar-refractivity contribution in [1.29, 1.82) is 0 Å².